The van der Waals surface area contributed by atoms with E-state index in [0.717, 1.165) is 31.7 Å². The predicted octanol–water partition coefficient (Wildman–Crippen LogP) is 6.40. The van der Waals surface area contributed by atoms with Crippen molar-refractivity contribution in [1.29, 1.82) is 0 Å². The van der Waals surface area contributed by atoms with Gasteiger partial charge in [0.15, 0.2) is 0 Å². The van der Waals surface area contributed by atoms with Crippen LogP contribution in [0.4, 0.5) is 10.5 Å². The van der Waals surface area contributed by atoms with Gasteiger partial charge in [0.2, 0.25) is 0 Å². The molecule has 1 heterocycles. The van der Waals surface area contributed by atoms with Crippen LogP contribution in [0.5, 0.6) is 0 Å². The number of rotatable bonds is 12. The lowest BCUT2D eigenvalue weighted by molar-refractivity contribution is 0.0833. The summed E-state index contributed by atoms with van der Waals surface area (Å²) in [5, 5.41) is 2.97. The van der Waals surface area contributed by atoms with E-state index in [-0.39, 0.29) is 12.2 Å². The molecule has 1 fully saturated rings. The molecule has 0 saturated carbocycles. The summed E-state index contributed by atoms with van der Waals surface area (Å²) in [6.07, 6.45) is 13.5. The monoisotopic (exact) mass is 388 g/mol. The zero-order valence-electron chi connectivity index (χ0n) is 18.0. The van der Waals surface area contributed by atoms with Gasteiger partial charge in [-0.05, 0) is 57.3 Å². The van der Waals surface area contributed by atoms with E-state index in [1.54, 1.807) is 0 Å². The molecule has 1 atom stereocenters. The maximum atomic E-state index is 12.3. The molecular formula is C24H40N2O2. The normalized spacial score (nSPS) is 15.9. The number of anilines is 1. The molecule has 1 aliphatic heterocycles. The first-order chi connectivity index (χ1) is 13.7. The van der Waals surface area contributed by atoms with Crippen molar-refractivity contribution in [2.75, 3.05) is 25.0 Å². The highest BCUT2D eigenvalue weighted by Gasteiger charge is 2.17. The van der Waals surface area contributed by atoms with Gasteiger partial charge in [-0.3, -0.25) is 10.2 Å². The minimum absolute atomic E-state index is 0.0895. The second-order valence-corrected chi connectivity index (χ2v) is 8.23. The lowest BCUT2D eigenvalue weighted by Gasteiger charge is -2.28. The van der Waals surface area contributed by atoms with Crippen LogP contribution < -0.4 is 5.32 Å². The molecule has 0 aliphatic carbocycles. The second kappa shape index (κ2) is 13.6. The fraction of sp³-hybridized carbons (Fsp3) is 0.708. The third kappa shape index (κ3) is 9.09. The van der Waals surface area contributed by atoms with Gasteiger partial charge in [0.25, 0.3) is 0 Å². The minimum Gasteiger partial charge on any atom is -0.445 e. The molecule has 4 heteroatoms. The minimum atomic E-state index is -0.337. The predicted molar refractivity (Wildman–Crippen MR) is 118 cm³/mol. The number of benzene rings is 1. The summed E-state index contributed by atoms with van der Waals surface area (Å²) in [4.78, 5) is 14.7. The third-order valence-electron chi connectivity index (χ3n) is 5.58. The number of hydrogen-bond acceptors (Lipinski definition) is 3. The highest BCUT2D eigenvalue weighted by atomic mass is 16.6. The van der Waals surface area contributed by atoms with Gasteiger partial charge in [-0.15, -0.1) is 0 Å². The third-order valence-corrected chi connectivity index (χ3v) is 5.58. The lowest BCUT2D eigenvalue weighted by atomic mass is 10.0. The summed E-state index contributed by atoms with van der Waals surface area (Å²) >= 11 is 0. The van der Waals surface area contributed by atoms with Gasteiger partial charge >= 0.3 is 6.09 Å². The molecule has 158 valence electrons. The highest BCUT2D eigenvalue weighted by Crippen LogP contribution is 2.19. The van der Waals surface area contributed by atoms with Crippen molar-refractivity contribution in [3.05, 3.63) is 29.8 Å². The molecule has 28 heavy (non-hydrogen) atoms. The summed E-state index contributed by atoms with van der Waals surface area (Å²) < 4.78 is 5.60. The van der Waals surface area contributed by atoms with Crippen molar-refractivity contribution in [2.45, 2.75) is 90.6 Å². The average molecular weight is 389 g/mol. The Morgan fingerprint density at radius 1 is 1.04 bits per heavy atom. The SMILES string of the molecule is CCCCCCCCCc1ccccc1NC(=O)O[C@H](C)CN1CCCCC1. The molecule has 1 aromatic rings. The second-order valence-electron chi connectivity index (χ2n) is 8.23. The van der Waals surface area contributed by atoms with Gasteiger partial charge in [-0.25, -0.2) is 4.79 Å². The van der Waals surface area contributed by atoms with Crippen LogP contribution in [0.3, 0.4) is 0 Å². The van der Waals surface area contributed by atoms with Crippen LogP contribution >= 0.6 is 0 Å². The Morgan fingerprint density at radius 2 is 1.71 bits per heavy atom. The van der Waals surface area contributed by atoms with E-state index in [1.807, 2.05) is 25.1 Å². The molecule has 1 saturated heterocycles. The van der Waals surface area contributed by atoms with Crippen molar-refractivity contribution in [2.24, 2.45) is 0 Å². The Balaban J connectivity index is 1.71. The summed E-state index contributed by atoms with van der Waals surface area (Å²) in [5.41, 5.74) is 2.10. The van der Waals surface area contributed by atoms with Crippen LogP contribution in [-0.4, -0.2) is 36.7 Å². The van der Waals surface area contributed by atoms with Crippen LogP contribution in [0.15, 0.2) is 24.3 Å². The molecule has 0 unspecified atom stereocenters. The summed E-state index contributed by atoms with van der Waals surface area (Å²) in [6, 6.07) is 8.12. The summed E-state index contributed by atoms with van der Waals surface area (Å²) in [6.45, 7) is 7.31. The number of nitrogens with one attached hydrogen (secondary N) is 1. The first kappa shape index (κ1) is 22.7. The number of hydrogen-bond donors (Lipinski definition) is 1. The van der Waals surface area contributed by atoms with E-state index in [4.69, 9.17) is 4.74 Å². The maximum absolute atomic E-state index is 12.3. The number of piperidine rings is 1. The first-order valence-electron chi connectivity index (χ1n) is 11.5. The fourth-order valence-electron chi connectivity index (χ4n) is 4.00. The van der Waals surface area contributed by atoms with E-state index < -0.39 is 0 Å². The quantitative estimate of drug-likeness (QED) is 0.421. The van der Waals surface area contributed by atoms with Crippen molar-refractivity contribution >= 4 is 11.8 Å². The Kier molecular flexibility index (Phi) is 11.0. The van der Waals surface area contributed by atoms with Gasteiger partial charge in [0.1, 0.15) is 6.10 Å². The van der Waals surface area contributed by atoms with Crippen LogP contribution in [0.1, 0.15) is 83.6 Å². The molecule has 1 N–H and O–H groups in total. The lowest BCUT2D eigenvalue weighted by Crippen LogP contribution is -2.37. The van der Waals surface area contributed by atoms with Crippen LogP contribution in [0.25, 0.3) is 0 Å². The van der Waals surface area contributed by atoms with Gasteiger partial charge < -0.3 is 4.74 Å². The van der Waals surface area contributed by atoms with E-state index in [2.05, 4.69) is 23.2 Å². The smallest absolute Gasteiger partial charge is 0.411 e. The number of carbonyl (C=O) groups excluding carboxylic acids is 1. The number of amides is 1. The first-order valence-corrected chi connectivity index (χ1v) is 11.5. The molecule has 0 aromatic heterocycles. The van der Waals surface area contributed by atoms with Crippen LogP contribution in [-0.2, 0) is 11.2 Å². The Bertz CT molecular complexity index is 555. The van der Waals surface area contributed by atoms with Crippen LogP contribution in [0, 0.1) is 0 Å². The van der Waals surface area contributed by atoms with Gasteiger partial charge in [0.05, 0.1) is 0 Å². The number of likely N-dealkylation sites (tertiary alicyclic amines) is 1. The van der Waals surface area contributed by atoms with Crippen molar-refractivity contribution < 1.29 is 9.53 Å². The van der Waals surface area contributed by atoms with Crippen molar-refractivity contribution in [1.82, 2.24) is 4.90 Å². The van der Waals surface area contributed by atoms with E-state index >= 15 is 0 Å². The molecule has 4 nitrogen and oxygen atoms in total. The van der Waals surface area contributed by atoms with Gasteiger partial charge in [-0.2, -0.15) is 0 Å². The summed E-state index contributed by atoms with van der Waals surface area (Å²) in [5.74, 6) is 0. The Morgan fingerprint density at radius 3 is 2.46 bits per heavy atom. The molecule has 1 aliphatic rings. The molecule has 2 rings (SSSR count). The maximum Gasteiger partial charge on any atom is 0.411 e. The molecule has 0 radical (unpaired) electrons. The topological polar surface area (TPSA) is 41.6 Å². The molecule has 0 bridgehead atoms. The molecule has 1 aromatic carbocycles. The number of carbonyl (C=O) groups is 1. The average Bonchev–Trinajstić information content (AvgIpc) is 2.69. The Labute approximate surface area is 172 Å². The fourth-order valence-corrected chi connectivity index (χ4v) is 4.00. The molecular weight excluding hydrogens is 348 g/mol. The standard InChI is InChI=1S/C24H40N2O2/c1-3-4-5-6-7-8-10-15-22-16-11-12-17-23(22)25-24(27)28-21(2)20-26-18-13-9-14-19-26/h11-12,16-17,21H,3-10,13-15,18-20H2,1-2H3,(H,25,27)/t21-/m1/s1. The van der Waals surface area contributed by atoms with Crippen molar-refractivity contribution in [3.8, 4) is 0 Å². The highest BCUT2D eigenvalue weighted by molar-refractivity contribution is 5.85. The molecule has 1 amide bonds. The van der Waals surface area contributed by atoms with Gasteiger partial charge in [0, 0.05) is 12.2 Å². The zero-order valence-corrected chi connectivity index (χ0v) is 18.0. The van der Waals surface area contributed by atoms with Crippen molar-refractivity contribution in [3.63, 3.8) is 0 Å². The van der Waals surface area contributed by atoms with Crippen LogP contribution in [0.2, 0.25) is 0 Å². The van der Waals surface area contributed by atoms with E-state index in [9.17, 15) is 4.79 Å². The number of para-hydroxylation sites is 1. The summed E-state index contributed by atoms with van der Waals surface area (Å²) in [7, 11) is 0. The van der Waals surface area contributed by atoms with E-state index in [0.29, 0.717) is 0 Å². The molecule has 0 spiro atoms. The number of nitrogens with zero attached hydrogens (tertiary/aromatic N) is 1. The zero-order chi connectivity index (χ0) is 20.0. The van der Waals surface area contributed by atoms with Gasteiger partial charge in [-0.1, -0.05) is 70.1 Å². The van der Waals surface area contributed by atoms with E-state index in [1.165, 1.54) is 69.8 Å². The number of ether oxygens (including phenoxy) is 1. The largest absolute Gasteiger partial charge is 0.445 e. The number of unbranched alkanes of at least 4 members (excludes halogenated alkanes) is 6. The Hall–Kier alpha value is -1.55. The number of aryl methyl sites for hydroxylation is 1.